The number of hydrogen-bond donors (Lipinski definition) is 1. The Morgan fingerprint density at radius 1 is 1.11 bits per heavy atom. The monoisotopic (exact) mass is 691 g/mol. The van der Waals surface area contributed by atoms with Gasteiger partial charge in [-0.15, -0.1) is 0 Å². The van der Waals surface area contributed by atoms with Crippen molar-refractivity contribution >= 4 is 52.3 Å². The lowest BCUT2D eigenvalue weighted by Gasteiger charge is -2.38. The van der Waals surface area contributed by atoms with Crippen molar-refractivity contribution in [1.29, 1.82) is 0 Å². The van der Waals surface area contributed by atoms with Crippen LogP contribution in [0.3, 0.4) is 0 Å². The van der Waals surface area contributed by atoms with Gasteiger partial charge in [0.15, 0.2) is 17.6 Å². The maximum absolute atomic E-state index is 14.1. The number of aryl methyl sites for hydroxylation is 2. The largest absolute Gasteiger partial charge is 0.618 e. The fourth-order valence-corrected chi connectivity index (χ4v) is 6.26. The van der Waals surface area contributed by atoms with E-state index in [0.717, 1.165) is 23.1 Å². The minimum atomic E-state index is -0.791. The molecule has 1 aromatic carbocycles. The van der Waals surface area contributed by atoms with Gasteiger partial charge in [-0.2, -0.15) is 4.73 Å². The van der Waals surface area contributed by atoms with Gasteiger partial charge in [-0.05, 0) is 49.9 Å². The highest BCUT2D eigenvalue weighted by Gasteiger charge is 2.42. The number of nitrogens with zero attached hydrogens (tertiary/aromatic N) is 4. The Kier molecular flexibility index (Phi) is 11.5. The molecule has 14 heteroatoms. The maximum Gasteiger partial charge on any atom is 0.247 e. The van der Waals surface area contributed by atoms with Crippen LogP contribution in [0.25, 0.3) is 0 Å². The van der Waals surface area contributed by atoms with Crippen molar-refractivity contribution in [2.45, 2.75) is 51.2 Å². The molecule has 246 valence electrons. The van der Waals surface area contributed by atoms with Crippen LogP contribution in [0.2, 0.25) is 15.1 Å². The Hall–Kier alpha value is -3.35. The number of ether oxygens (including phenoxy) is 3. The minimum Gasteiger partial charge on any atom is -0.618 e. The Labute approximate surface area is 282 Å². The zero-order chi connectivity index (χ0) is 32.8. The summed E-state index contributed by atoms with van der Waals surface area (Å²) in [5.74, 6) is 0.265. The van der Waals surface area contributed by atoms with Crippen LogP contribution in [-0.2, 0) is 27.3 Å². The molecule has 1 atom stereocenters. The van der Waals surface area contributed by atoms with Crippen molar-refractivity contribution in [2.75, 3.05) is 44.9 Å². The summed E-state index contributed by atoms with van der Waals surface area (Å²) in [5, 5.41) is 16.6. The van der Waals surface area contributed by atoms with Crippen molar-refractivity contribution in [3.05, 3.63) is 79.8 Å². The summed E-state index contributed by atoms with van der Waals surface area (Å²) in [6.07, 6.45) is 5.75. The van der Waals surface area contributed by atoms with Gasteiger partial charge in [-0.3, -0.25) is 14.5 Å². The number of halogens is 3. The molecule has 3 heterocycles. The average Bonchev–Trinajstić information content (AvgIpc) is 3.86. The third kappa shape index (κ3) is 8.32. The highest BCUT2D eigenvalue weighted by molar-refractivity contribution is 6.37. The van der Waals surface area contributed by atoms with Gasteiger partial charge < -0.3 is 29.6 Å². The van der Waals surface area contributed by atoms with Gasteiger partial charge in [0.2, 0.25) is 17.7 Å². The fraction of sp³-hybridized carbons (Fsp3) is 0.438. The summed E-state index contributed by atoms with van der Waals surface area (Å²) in [6.45, 7) is 3.37. The van der Waals surface area contributed by atoms with E-state index in [2.05, 4.69) is 10.3 Å². The van der Waals surface area contributed by atoms with Crippen molar-refractivity contribution < 1.29 is 28.5 Å². The average molecular weight is 693 g/mol. The first-order chi connectivity index (χ1) is 22.2. The van der Waals surface area contributed by atoms with Gasteiger partial charge >= 0.3 is 0 Å². The molecular weight excluding hydrogens is 657 g/mol. The molecule has 2 fully saturated rings. The van der Waals surface area contributed by atoms with Crippen molar-refractivity contribution in [3.63, 3.8) is 0 Å². The van der Waals surface area contributed by atoms with E-state index in [1.807, 2.05) is 6.92 Å². The molecule has 46 heavy (non-hydrogen) atoms. The summed E-state index contributed by atoms with van der Waals surface area (Å²) in [6, 6.07) is 7.88. The molecule has 2 amide bonds. The van der Waals surface area contributed by atoms with Crippen molar-refractivity contribution in [1.82, 2.24) is 15.2 Å². The first kappa shape index (κ1) is 34.0. The summed E-state index contributed by atoms with van der Waals surface area (Å²) in [7, 11) is 1.61. The fourth-order valence-electron chi connectivity index (χ4n) is 5.35. The molecule has 2 aromatic heterocycles. The van der Waals surface area contributed by atoms with E-state index in [1.54, 1.807) is 42.3 Å². The Bertz CT molecular complexity index is 1530. The molecule has 0 unspecified atom stereocenters. The smallest absolute Gasteiger partial charge is 0.247 e. The molecule has 2 aliphatic rings. The molecule has 0 spiro atoms. The highest BCUT2D eigenvalue weighted by atomic mass is 35.5. The number of piperazine rings is 1. The lowest BCUT2D eigenvalue weighted by Crippen LogP contribution is -2.61. The summed E-state index contributed by atoms with van der Waals surface area (Å²) < 4.78 is 17.3. The predicted octanol–water partition coefficient (Wildman–Crippen LogP) is 4.52. The van der Waals surface area contributed by atoms with E-state index >= 15 is 0 Å². The normalized spacial score (nSPS) is 16.4. The quantitative estimate of drug-likeness (QED) is 0.149. The standard InChI is InChI=1S/C32H36Cl3N5O6/c1-20-12-25(33)31(26(34)13-20)46-11-10-45-29-8-7-24(15-37-29)40-28(16-36-17-30(40)41)32(42)38(22-5-6-22)18-21-14-23(4-3-9-44-2)39(43)19-27(21)35/h7-8,12-15,19,22,28,36H,3-6,9-11,16-18H2,1-2H3/t28-/m1/s1. The number of anilines is 1. The van der Waals surface area contributed by atoms with Gasteiger partial charge in [0.1, 0.15) is 24.3 Å². The Morgan fingerprint density at radius 2 is 1.85 bits per heavy atom. The van der Waals surface area contributed by atoms with E-state index in [4.69, 9.17) is 49.0 Å². The minimum absolute atomic E-state index is 0.0276. The second-order valence-electron chi connectivity index (χ2n) is 11.3. The van der Waals surface area contributed by atoms with Crippen LogP contribution in [-0.4, -0.2) is 73.8 Å². The van der Waals surface area contributed by atoms with Gasteiger partial charge in [-0.1, -0.05) is 34.8 Å². The third-order valence-electron chi connectivity index (χ3n) is 7.75. The van der Waals surface area contributed by atoms with E-state index in [-0.39, 0.29) is 55.7 Å². The number of methoxy groups -OCH3 is 1. The number of pyridine rings is 2. The van der Waals surface area contributed by atoms with Gasteiger partial charge in [-0.25, -0.2) is 4.98 Å². The number of hydrogen-bond acceptors (Lipinski definition) is 8. The lowest BCUT2D eigenvalue weighted by molar-refractivity contribution is -0.614. The molecule has 1 aliphatic carbocycles. The molecule has 0 bridgehead atoms. The predicted molar refractivity (Wildman–Crippen MR) is 175 cm³/mol. The van der Waals surface area contributed by atoms with Crippen LogP contribution >= 0.6 is 34.8 Å². The molecule has 1 N–H and O–H groups in total. The van der Waals surface area contributed by atoms with Crippen molar-refractivity contribution in [3.8, 4) is 11.6 Å². The molecule has 1 aliphatic heterocycles. The van der Waals surface area contributed by atoms with Crippen LogP contribution < -0.4 is 24.4 Å². The van der Waals surface area contributed by atoms with Crippen LogP contribution in [0.4, 0.5) is 5.69 Å². The van der Waals surface area contributed by atoms with Crippen molar-refractivity contribution in [2.24, 2.45) is 0 Å². The molecule has 5 rings (SSSR count). The van der Waals surface area contributed by atoms with Gasteiger partial charge in [0.05, 0.1) is 28.5 Å². The molecule has 3 aromatic rings. The SMILES string of the molecule is COCCCc1cc(CN(C(=O)[C@H]2CNCC(=O)N2c2ccc(OCCOc3c(Cl)cc(C)cc3Cl)nc2)C2CC2)c(Cl)c[n+]1[O-]. The summed E-state index contributed by atoms with van der Waals surface area (Å²) in [5.41, 5.74) is 2.64. The maximum atomic E-state index is 14.1. The molecule has 0 radical (unpaired) electrons. The Morgan fingerprint density at radius 3 is 2.52 bits per heavy atom. The van der Waals surface area contributed by atoms with Gasteiger partial charge in [0.25, 0.3) is 0 Å². The number of carbonyl (C=O) groups is 2. The number of rotatable bonds is 14. The van der Waals surface area contributed by atoms with E-state index in [9.17, 15) is 14.8 Å². The van der Waals surface area contributed by atoms with Gasteiger partial charge in [0, 0.05) is 57.0 Å². The zero-order valence-corrected chi connectivity index (χ0v) is 27.9. The van der Waals surface area contributed by atoms with E-state index in [0.29, 0.717) is 58.1 Å². The number of carbonyl (C=O) groups excluding carboxylic acids is 2. The van der Waals surface area contributed by atoms with Crippen LogP contribution in [0, 0.1) is 12.1 Å². The van der Waals surface area contributed by atoms with Crippen LogP contribution in [0.1, 0.15) is 36.1 Å². The number of amides is 2. The molecule has 1 saturated carbocycles. The van der Waals surface area contributed by atoms with Crippen LogP contribution in [0.5, 0.6) is 11.6 Å². The first-order valence-corrected chi connectivity index (χ1v) is 16.2. The number of aromatic nitrogens is 2. The molecule has 11 nitrogen and oxygen atoms in total. The number of benzene rings is 1. The topological polar surface area (TPSA) is 120 Å². The first-order valence-electron chi connectivity index (χ1n) is 15.1. The highest BCUT2D eigenvalue weighted by Crippen LogP contribution is 2.34. The second kappa shape index (κ2) is 15.5. The second-order valence-corrected chi connectivity index (χ2v) is 12.5. The summed E-state index contributed by atoms with van der Waals surface area (Å²) in [4.78, 5) is 34.9. The van der Waals surface area contributed by atoms with Crippen LogP contribution in [0.15, 0.2) is 42.7 Å². The van der Waals surface area contributed by atoms with E-state index in [1.165, 1.54) is 17.3 Å². The lowest BCUT2D eigenvalue weighted by atomic mass is 10.1. The van der Waals surface area contributed by atoms with E-state index < -0.39 is 6.04 Å². The third-order valence-corrected chi connectivity index (χ3v) is 8.66. The summed E-state index contributed by atoms with van der Waals surface area (Å²) >= 11 is 19.0. The molecule has 1 saturated heterocycles. The number of nitrogens with one attached hydrogen (secondary N) is 1. The molecular formula is C32H36Cl3N5O6. The Balaban J connectivity index is 1.25. The zero-order valence-electron chi connectivity index (χ0n) is 25.6.